The molecule has 0 aliphatic heterocycles. The van der Waals surface area contributed by atoms with Crippen LogP contribution in [0, 0.1) is 0 Å². The average molecular weight is 270 g/mol. The molecule has 0 unspecified atom stereocenters. The molecule has 19 heavy (non-hydrogen) atoms. The molecule has 0 spiro atoms. The van der Waals surface area contributed by atoms with E-state index in [0.717, 1.165) is 16.3 Å². The molecular formula is C15H12ClN3. The van der Waals surface area contributed by atoms with Crippen LogP contribution in [0.4, 0.5) is 0 Å². The molecule has 0 amide bonds. The Morgan fingerprint density at radius 3 is 2.42 bits per heavy atom. The highest BCUT2D eigenvalue weighted by Gasteiger charge is 2.04. The van der Waals surface area contributed by atoms with Gasteiger partial charge in [-0.15, -0.1) is 0 Å². The second-order valence-electron chi connectivity index (χ2n) is 4.25. The molecule has 0 saturated carbocycles. The van der Waals surface area contributed by atoms with E-state index in [4.69, 9.17) is 11.6 Å². The molecular weight excluding hydrogens is 258 g/mol. The first-order valence-electron chi connectivity index (χ1n) is 6.01. The van der Waals surface area contributed by atoms with Crippen LogP contribution in [-0.2, 0) is 6.54 Å². The molecule has 0 aliphatic rings. The molecule has 0 N–H and O–H groups in total. The van der Waals surface area contributed by atoms with Crippen LogP contribution >= 0.6 is 11.6 Å². The average Bonchev–Trinajstić information content (AvgIpc) is 2.89. The van der Waals surface area contributed by atoms with Gasteiger partial charge in [0.05, 0.1) is 12.7 Å². The zero-order valence-corrected chi connectivity index (χ0v) is 11.0. The van der Waals surface area contributed by atoms with Gasteiger partial charge in [0.1, 0.15) is 5.69 Å². The van der Waals surface area contributed by atoms with Crippen molar-refractivity contribution in [2.75, 3.05) is 0 Å². The molecule has 3 rings (SSSR count). The van der Waals surface area contributed by atoms with E-state index in [1.54, 1.807) is 11.0 Å². The highest BCUT2D eigenvalue weighted by molar-refractivity contribution is 6.30. The number of rotatable bonds is 3. The highest BCUT2D eigenvalue weighted by Crippen LogP contribution is 2.18. The Bertz CT molecular complexity index is 659. The van der Waals surface area contributed by atoms with E-state index in [2.05, 4.69) is 22.3 Å². The molecule has 3 nitrogen and oxygen atoms in total. The molecule has 0 fully saturated rings. The van der Waals surface area contributed by atoms with E-state index in [1.807, 2.05) is 42.5 Å². The minimum Gasteiger partial charge on any atom is -0.180 e. The molecule has 0 saturated heterocycles. The monoisotopic (exact) mass is 269 g/mol. The summed E-state index contributed by atoms with van der Waals surface area (Å²) < 4.78 is 0. The van der Waals surface area contributed by atoms with Crippen LogP contribution < -0.4 is 0 Å². The fourth-order valence-corrected chi connectivity index (χ4v) is 2.00. The van der Waals surface area contributed by atoms with Crippen LogP contribution in [0.3, 0.4) is 0 Å². The maximum Gasteiger partial charge on any atom is 0.113 e. The fraction of sp³-hybridized carbons (Fsp3) is 0.0667. The lowest BCUT2D eigenvalue weighted by Gasteiger charge is -1.99. The van der Waals surface area contributed by atoms with Crippen molar-refractivity contribution in [1.82, 2.24) is 15.0 Å². The lowest BCUT2D eigenvalue weighted by molar-refractivity contribution is 0.592. The van der Waals surface area contributed by atoms with Gasteiger partial charge in [0.15, 0.2) is 0 Å². The topological polar surface area (TPSA) is 30.7 Å². The fourth-order valence-electron chi connectivity index (χ4n) is 1.87. The molecule has 94 valence electrons. The summed E-state index contributed by atoms with van der Waals surface area (Å²) in [7, 11) is 0. The largest absolute Gasteiger partial charge is 0.180 e. The van der Waals surface area contributed by atoms with Crippen molar-refractivity contribution < 1.29 is 0 Å². The summed E-state index contributed by atoms with van der Waals surface area (Å²) in [4.78, 5) is 1.69. The zero-order valence-electron chi connectivity index (χ0n) is 10.2. The van der Waals surface area contributed by atoms with E-state index in [-0.39, 0.29) is 0 Å². The second-order valence-corrected chi connectivity index (χ2v) is 4.69. The predicted octanol–water partition coefficient (Wildman–Crippen LogP) is 3.65. The van der Waals surface area contributed by atoms with Gasteiger partial charge in [0.25, 0.3) is 0 Å². The Morgan fingerprint density at radius 2 is 1.68 bits per heavy atom. The number of hydrogen-bond acceptors (Lipinski definition) is 2. The summed E-state index contributed by atoms with van der Waals surface area (Å²) >= 11 is 5.87. The number of aromatic nitrogens is 3. The van der Waals surface area contributed by atoms with Crippen LogP contribution in [0.25, 0.3) is 11.3 Å². The smallest absolute Gasteiger partial charge is 0.113 e. The van der Waals surface area contributed by atoms with Crippen molar-refractivity contribution in [2.45, 2.75) is 6.54 Å². The van der Waals surface area contributed by atoms with Crippen molar-refractivity contribution in [3.05, 3.63) is 71.4 Å². The van der Waals surface area contributed by atoms with Gasteiger partial charge in [-0.1, -0.05) is 54.1 Å². The predicted molar refractivity (Wildman–Crippen MR) is 76.0 cm³/mol. The van der Waals surface area contributed by atoms with Gasteiger partial charge < -0.3 is 0 Å². The Labute approximate surface area is 116 Å². The number of halogens is 1. The minimum atomic E-state index is 0.675. The SMILES string of the molecule is Clc1ccc(-c2cnn(Cc3ccccc3)n2)cc1. The van der Waals surface area contributed by atoms with Crippen LogP contribution in [0.2, 0.25) is 5.02 Å². The Hall–Kier alpha value is -2.13. The first-order valence-corrected chi connectivity index (χ1v) is 6.39. The van der Waals surface area contributed by atoms with Crippen LogP contribution in [0.15, 0.2) is 60.8 Å². The Balaban J connectivity index is 1.82. The summed E-state index contributed by atoms with van der Waals surface area (Å²) in [6.45, 7) is 0.675. The molecule has 2 aromatic carbocycles. The van der Waals surface area contributed by atoms with Gasteiger partial charge in [-0.25, -0.2) is 0 Å². The molecule has 0 aliphatic carbocycles. The first kappa shape index (κ1) is 11.9. The Morgan fingerprint density at radius 1 is 0.947 bits per heavy atom. The summed E-state index contributed by atoms with van der Waals surface area (Å²) in [6.07, 6.45) is 1.77. The molecule has 0 radical (unpaired) electrons. The quantitative estimate of drug-likeness (QED) is 0.727. The van der Waals surface area contributed by atoms with E-state index >= 15 is 0 Å². The van der Waals surface area contributed by atoms with E-state index in [1.165, 1.54) is 5.56 Å². The third kappa shape index (κ3) is 2.83. The maximum atomic E-state index is 5.87. The third-order valence-electron chi connectivity index (χ3n) is 2.84. The van der Waals surface area contributed by atoms with Crippen molar-refractivity contribution >= 4 is 11.6 Å². The molecule has 1 heterocycles. The summed E-state index contributed by atoms with van der Waals surface area (Å²) in [5, 5.41) is 9.47. The molecule has 1 aromatic heterocycles. The zero-order chi connectivity index (χ0) is 13.1. The van der Waals surface area contributed by atoms with E-state index in [9.17, 15) is 0 Å². The molecule has 3 aromatic rings. The van der Waals surface area contributed by atoms with Crippen molar-refractivity contribution in [1.29, 1.82) is 0 Å². The third-order valence-corrected chi connectivity index (χ3v) is 3.10. The van der Waals surface area contributed by atoms with Gasteiger partial charge in [-0.3, -0.25) is 0 Å². The molecule has 4 heteroatoms. The normalized spacial score (nSPS) is 10.6. The van der Waals surface area contributed by atoms with Crippen molar-refractivity contribution in [3.63, 3.8) is 0 Å². The van der Waals surface area contributed by atoms with Gasteiger partial charge in [-0.05, 0) is 17.7 Å². The maximum absolute atomic E-state index is 5.87. The lowest BCUT2D eigenvalue weighted by Crippen LogP contribution is -2.03. The number of hydrogen-bond donors (Lipinski definition) is 0. The highest BCUT2D eigenvalue weighted by atomic mass is 35.5. The second kappa shape index (κ2) is 5.24. The summed E-state index contributed by atoms with van der Waals surface area (Å²) in [5.41, 5.74) is 3.05. The van der Waals surface area contributed by atoms with Gasteiger partial charge in [0.2, 0.25) is 0 Å². The van der Waals surface area contributed by atoms with Gasteiger partial charge in [-0.2, -0.15) is 15.0 Å². The lowest BCUT2D eigenvalue weighted by atomic mass is 10.2. The van der Waals surface area contributed by atoms with Crippen LogP contribution in [0.5, 0.6) is 0 Å². The van der Waals surface area contributed by atoms with Crippen LogP contribution in [-0.4, -0.2) is 15.0 Å². The van der Waals surface area contributed by atoms with Crippen molar-refractivity contribution in [3.8, 4) is 11.3 Å². The molecule has 0 atom stereocenters. The van der Waals surface area contributed by atoms with E-state index < -0.39 is 0 Å². The molecule has 0 bridgehead atoms. The van der Waals surface area contributed by atoms with E-state index in [0.29, 0.717) is 6.54 Å². The van der Waals surface area contributed by atoms with Crippen LogP contribution in [0.1, 0.15) is 5.56 Å². The summed E-state index contributed by atoms with van der Waals surface area (Å²) in [5.74, 6) is 0. The minimum absolute atomic E-state index is 0.675. The number of nitrogens with zero attached hydrogens (tertiary/aromatic N) is 3. The van der Waals surface area contributed by atoms with Gasteiger partial charge in [0, 0.05) is 10.6 Å². The number of benzene rings is 2. The van der Waals surface area contributed by atoms with Crippen molar-refractivity contribution in [2.24, 2.45) is 0 Å². The first-order chi connectivity index (χ1) is 9.31. The Kier molecular flexibility index (Phi) is 3.29. The summed E-state index contributed by atoms with van der Waals surface area (Å²) in [6, 6.07) is 17.7. The standard InChI is InChI=1S/C15H12ClN3/c16-14-8-6-13(7-9-14)15-10-17-19(18-15)11-12-4-2-1-3-5-12/h1-10H,11H2. The van der Waals surface area contributed by atoms with Gasteiger partial charge >= 0.3 is 0 Å².